The summed E-state index contributed by atoms with van der Waals surface area (Å²) in [5, 5.41) is 0. The summed E-state index contributed by atoms with van der Waals surface area (Å²) in [6.45, 7) is 3.91. The maximum absolute atomic E-state index is 12.6. The number of benzene rings is 3. The Bertz CT molecular complexity index is 1140. The second kappa shape index (κ2) is 8.96. The van der Waals surface area contributed by atoms with Crippen molar-refractivity contribution in [1.82, 2.24) is 0 Å². The Kier molecular flexibility index (Phi) is 6.59. The minimum Gasteiger partial charge on any atom is -0.493 e. The van der Waals surface area contributed by atoms with Gasteiger partial charge in [-0.15, -0.1) is 0 Å². The quantitative estimate of drug-likeness (QED) is 0.247. The predicted molar refractivity (Wildman–Crippen MR) is 123 cm³/mol. The fourth-order valence-electron chi connectivity index (χ4n) is 2.54. The number of rotatable bonds is 6. The first-order valence-electron chi connectivity index (χ1n) is 8.78. The molecule has 3 aromatic rings. The number of aryl methyl sites for hydroxylation is 2. The minimum absolute atomic E-state index is 0.0889. The van der Waals surface area contributed by atoms with Crippen molar-refractivity contribution < 1.29 is 17.3 Å². The topological polar surface area (TPSA) is 65.0 Å². The van der Waals surface area contributed by atoms with E-state index in [1.54, 1.807) is 30.5 Å². The van der Waals surface area contributed by atoms with E-state index >= 15 is 0 Å². The molecule has 0 amide bonds. The van der Waals surface area contributed by atoms with E-state index < -0.39 is 10.1 Å². The van der Waals surface area contributed by atoms with E-state index in [1.165, 1.54) is 19.2 Å². The first-order valence-corrected chi connectivity index (χ1v) is 11.3. The molecule has 0 N–H and O–H groups in total. The highest BCUT2D eigenvalue weighted by atomic mass is 127. The highest BCUT2D eigenvalue weighted by Gasteiger charge is 2.21. The molecule has 0 aliphatic carbocycles. The number of hydrogen-bond acceptors (Lipinski definition) is 5. The number of halogens is 1. The molecule has 3 rings (SSSR count). The molecule has 29 heavy (non-hydrogen) atoms. The van der Waals surface area contributed by atoms with Gasteiger partial charge in [0.05, 0.1) is 16.4 Å². The third-order valence-corrected chi connectivity index (χ3v) is 6.19. The molecule has 0 unspecified atom stereocenters. The van der Waals surface area contributed by atoms with Gasteiger partial charge in [-0.3, -0.25) is 4.99 Å². The molecule has 0 spiro atoms. The summed E-state index contributed by atoms with van der Waals surface area (Å²) in [6.07, 6.45) is 1.70. The summed E-state index contributed by atoms with van der Waals surface area (Å²) >= 11 is 2.03. The van der Waals surface area contributed by atoms with E-state index in [0.29, 0.717) is 9.32 Å². The van der Waals surface area contributed by atoms with Gasteiger partial charge >= 0.3 is 10.1 Å². The van der Waals surface area contributed by atoms with Gasteiger partial charge in [0.25, 0.3) is 0 Å². The van der Waals surface area contributed by atoms with Gasteiger partial charge in [0.1, 0.15) is 4.90 Å². The molecule has 150 valence electrons. The van der Waals surface area contributed by atoms with Crippen LogP contribution in [0.1, 0.15) is 16.7 Å². The van der Waals surface area contributed by atoms with Gasteiger partial charge in [-0.2, -0.15) is 8.42 Å². The van der Waals surface area contributed by atoms with Crippen molar-refractivity contribution in [1.29, 1.82) is 0 Å². The SMILES string of the molecule is COc1cc(C=Nc2ccc(C)cc2)cc(I)c1OS(=O)(=O)c1ccc(C)cc1. The lowest BCUT2D eigenvalue weighted by Gasteiger charge is -2.13. The average Bonchev–Trinajstić information content (AvgIpc) is 2.69. The molecule has 7 heteroatoms. The smallest absolute Gasteiger partial charge is 0.339 e. The Morgan fingerprint density at radius 2 is 1.52 bits per heavy atom. The molecule has 0 heterocycles. The van der Waals surface area contributed by atoms with E-state index in [9.17, 15) is 8.42 Å². The lowest BCUT2D eigenvalue weighted by Crippen LogP contribution is -2.11. The molecular formula is C22H20INO4S. The number of hydrogen-bond donors (Lipinski definition) is 0. The van der Waals surface area contributed by atoms with Crippen molar-refractivity contribution in [2.24, 2.45) is 4.99 Å². The van der Waals surface area contributed by atoms with Crippen LogP contribution in [0.25, 0.3) is 0 Å². The van der Waals surface area contributed by atoms with Crippen molar-refractivity contribution in [3.63, 3.8) is 0 Å². The maximum Gasteiger partial charge on any atom is 0.339 e. The molecule has 0 aliphatic rings. The molecule has 0 saturated heterocycles. The summed E-state index contributed by atoms with van der Waals surface area (Å²) < 4.78 is 36.7. The van der Waals surface area contributed by atoms with Crippen LogP contribution in [-0.2, 0) is 10.1 Å². The van der Waals surface area contributed by atoms with Crippen LogP contribution in [0.15, 0.2) is 70.6 Å². The molecule has 0 saturated carbocycles. The largest absolute Gasteiger partial charge is 0.493 e. The first-order chi connectivity index (χ1) is 13.8. The zero-order chi connectivity index (χ0) is 21.0. The Morgan fingerprint density at radius 3 is 2.10 bits per heavy atom. The van der Waals surface area contributed by atoms with E-state index in [4.69, 9.17) is 8.92 Å². The zero-order valence-corrected chi connectivity index (χ0v) is 19.2. The van der Waals surface area contributed by atoms with Crippen LogP contribution >= 0.6 is 22.6 Å². The molecule has 0 radical (unpaired) electrons. The average molecular weight is 521 g/mol. The monoisotopic (exact) mass is 521 g/mol. The summed E-state index contributed by atoms with van der Waals surface area (Å²) in [6, 6.07) is 17.8. The molecule has 0 atom stereocenters. The normalized spacial score (nSPS) is 11.6. The van der Waals surface area contributed by atoms with Crippen molar-refractivity contribution in [3.8, 4) is 11.5 Å². The van der Waals surface area contributed by atoms with Crippen LogP contribution in [0.2, 0.25) is 0 Å². The van der Waals surface area contributed by atoms with Crippen molar-refractivity contribution in [2.75, 3.05) is 7.11 Å². The maximum atomic E-state index is 12.6. The first kappa shape index (κ1) is 21.3. The lowest BCUT2D eigenvalue weighted by atomic mass is 10.2. The van der Waals surface area contributed by atoms with Gasteiger partial charge in [-0.25, -0.2) is 0 Å². The van der Waals surface area contributed by atoms with Gasteiger partial charge in [0.2, 0.25) is 0 Å². The van der Waals surface area contributed by atoms with Crippen LogP contribution < -0.4 is 8.92 Å². The second-order valence-corrected chi connectivity index (χ2v) is 9.19. The number of nitrogens with zero attached hydrogens (tertiary/aromatic N) is 1. The van der Waals surface area contributed by atoms with Gasteiger partial charge in [0.15, 0.2) is 11.5 Å². The Labute approximate surface area is 184 Å². The number of methoxy groups -OCH3 is 1. The lowest BCUT2D eigenvalue weighted by molar-refractivity contribution is 0.389. The van der Waals surface area contributed by atoms with E-state index in [-0.39, 0.29) is 10.6 Å². The van der Waals surface area contributed by atoms with Gasteiger partial charge in [-0.05, 0) is 78.4 Å². The van der Waals surface area contributed by atoms with Crippen LogP contribution in [0.5, 0.6) is 11.5 Å². The fraction of sp³-hybridized carbons (Fsp3) is 0.136. The van der Waals surface area contributed by atoms with Crippen LogP contribution in [0.3, 0.4) is 0 Å². The van der Waals surface area contributed by atoms with Crippen LogP contribution in [0, 0.1) is 17.4 Å². The summed E-state index contributed by atoms with van der Waals surface area (Å²) in [5.74, 6) is 0.471. The summed E-state index contributed by atoms with van der Waals surface area (Å²) in [4.78, 5) is 4.54. The summed E-state index contributed by atoms with van der Waals surface area (Å²) in [5.41, 5.74) is 3.73. The number of ether oxygens (including phenoxy) is 1. The van der Waals surface area contributed by atoms with Crippen molar-refractivity contribution >= 4 is 44.6 Å². The Hall–Kier alpha value is -2.39. The zero-order valence-electron chi connectivity index (χ0n) is 16.2. The van der Waals surface area contributed by atoms with Gasteiger partial charge in [-0.1, -0.05) is 35.4 Å². The van der Waals surface area contributed by atoms with Gasteiger partial charge in [0, 0.05) is 6.21 Å². The van der Waals surface area contributed by atoms with E-state index in [2.05, 4.69) is 4.99 Å². The van der Waals surface area contributed by atoms with Crippen LogP contribution in [0.4, 0.5) is 5.69 Å². The van der Waals surface area contributed by atoms with Crippen LogP contribution in [-0.4, -0.2) is 21.7 Å². The molecule has 0 bridgehead atoms. The third-order valence-electron chi connectivity index (χ3n) is 4.15. The highest BCUT2D eigenvalue weighted by Crippen LogP contribution is 2.35. The summed E-state index contributed by atoms with van der Waals surface area (Å²) in [7, 11) is -2.51. The molecule has 0 aromatic heterocycles. The molecule has 5 nitrogen and oxygen atoms in total. The highest BCUT2D eigenvalue weighted by molar-refractivity contribution is 14.1. The van der Waals surface area contributed by atoms with E-state index in [0.717, 1.165) is 22.4 Å². The third kappa shape index (κ3) is 5.36. The van der Waals surface area contributed by atoms with Gasteiger partial charge < -0.3 is 8.92 Å². The minimum atomic E-state index is -3.98. The molecule has 3 aromatic carbocycles. The predicted octanol–water partition coefficient (Wildman–Crippen LogP) is 5.43. The molecular weight excluding hydrogens is 501 g/mol. The Balaban J connectivity index is 1.90. The van der Waals surface area contributed by atoms with E-state index in [1.807, 2.05) is 60.7 Å². The molecule has 0 fully saturated rings. The van der Waals surface area contributed by atoms with Crippen molar-refractivity contribution in [3.05, 3.63) is 80.9 Å². The standard InChI is InChI=1S/C22H20INO4S/c1-15-4-8-18(9-5-15)24-14-17-12-20(23)22(21(13-17)27-3)28-29(25,26)19-10-6-16(2)7-11-19/h4-14H,1-3H3. The number of aliphatic imine (C=N–C) groups is 1. The van der Waals surface area contributed by atoms with Crippen molar-refractivity contribution in [2.45, 2.75) is 18.7 Å². The molecule has 0 aliphatic heterocycles. The second-order valence-electron chi connectivity index (χ2n) is 6.48. The Morgan fingerprint density at radius 1 is 0.931 bits per heavy atom. The fourth-order valence-corrected chi connectivity index (χ4v) is 4.38.